The molecule has 0 saturated heterocycles. The van der Waals surface area contributed by atoms with Crippen molar-refractivity contribution >= 4 is 11.7 Å². The molecule has 6 nitrogen and oxygen atoms in total. The lowest BCUT2D eigenvalue weighted by Gasteiger charge is -2.26. The van der Waals surface area contributed by atoms with Gasteiger partial charge < -0.3 is 25.2 Å². The van der Waals surface area contributed by atoms with Crippen LogP contribution >= 0.6 is 0 Å². The molecule has 0 heterocycles. The second-order valence-electron chi connectivity index (χ2n) is 7.86. The molecule has 0 spiro atoms. The summed E-state index contributed by atoms with van der Waals surface area (Å²) < 4.78 is 11.3. The standard InChI is InChI=1S/C24H32N2O4/c27-23(25-19-24(28)13-6-1-2-7-14-24)26-21-10-8-9-20(17-21)18-29-15-16-30-22-11-4-3-5-12-22/h3-5,8-12,17,28H,1-2,6-7,13-16,18-19H2,(H2,25,26,27). The zero-order valence-corrected chi connectivity index (χ0v) is 17.4. The van der Waals surface area contributed by atoms with E-state index in [-0.39, 0.29) is 12.6 Å². The Morgan fingerprint density at radius 2 is 1.73 bits per heavy atom. The third-order valence-electron chi connectivity index (χ3n) is 5.31. The highest BCUT2D eigenvalue weighted by molar-refractivity contribution is 5.89. The predicted octanol–water partition coefficient (Wildman–Crippen LogP) is 4.49. The van der Waals surface area contributed by atoms with Crippen LogP contribution in [0.15, 0.2) is 54.6 Å². The van der Waals surface area contributed by atoms with Crippen LogP contribution in [-0.2, 0) is 11.3 Å². The number of carbonyl (C=O) groups is 1. The molecule has 3 rings (SSSR count). The van der Waals surface area contributed by atoms with Gasteiger partial charge in [-0.1, -0.05) is 56.0 Å². The predicted molar refractivity (Wildman–Crippen MR) is 118 cm³/mol. The summed E-state index contributed by atoms with van der Waals surface area (Å²) in [6.45, 7) is 1.68. The van der Waals surface area contributed by atoms with Crippen LogP contribution in [0.5, 0.6) is 5.75 Å². The van der Waals surface area contributed by atoms with Gasteiger partial charge in [-0.05, 0) is 42.7 Å². The number of nitrogens with one attached hydrogen (secondary N) is 2. The van der Waals surface area contributed by atoms with Gasteiger partial charge in [0.1, 0.15) is 12.4 Å². The first-order valence-corrected chi connectivity index (χ1v) is 10.7. The van der Waals surface area contributed by atoms with E-state index >= 15 is 0 Å². The van der Waals surface area contributed by atoms with Gasteiger partial charge in [-0.15, -0.1) is 0 Å². The number of para-hydroxylation sites is 1. The Hall–Kier alpha value is -2.57. The highest BCUT2D eigenvalue weighted by Gasteiger charge is 2.28. The zero-order valence-electron chi connectivity index (χ0n) is 17.4. The monoisotopic (exact) mass is 412 g/mol. The van der Waals surface area contributed by atoms with Crippen molar-refractivity contribution in [3.8, 4) is 5.75 Å². The first-order valence-electron chi connectivity index (χ1n) is 10.7. The van der Waals surface area contributed by atoms with Crippen LogP contribution in [-0.4, -0.2) is 36.5 Å². The fourth-order valence-corrected chi connectivity index (χ4v) is 3.65. The van der Waals surface area contributed by atoms with Crippen LogP contribution in [0.1, 0.15) is 44.1 Å². The smallest absolute Gasteiger partial charge is 0.319 e. The second-order valence-corrected chi connectivity index (χ2v) is 7.86. The minimum Gasteiger partial charge on any atom is -0.491 e. The maximum absolute atomic E-state index is 12.2. The minimum atomic E-state index is -0.786. The maximum atomic E-state index is 12.2. The van der Waals surface area contributed by atoms with Crippen LogP contribution in [0.25, 0.3) is 0 Å². The summed E-state index contributed by atoms with van der Waals surface area (Å²) in [5.41, 5.74) is 0.877. The molecule has 0 radical (unpaired) electrons. The summed E-state index contributed by atoms with van der Waals surface area (Å²) in [6, 6.07) is 16.9. The molecule has 0 bridgehead atoms. The zero-order chi connectivity index (χ0) is 21.1. The maximum Gasteiger partial charge on any atom is 0.319 e. The second kappa shape index (κ2) is 11.6. The first-order chi connectivity index (χ1) is 14.6. The highest BCUT2D eigenvalue weighted by Crippen LogP contribution is 2.26. The van der Waals surface area contributed by atoms with Crippen LogP contribution in [0.2, 0.25) is 0 Å². The van der Waals surface area contributed by atoms with Crippen molar-refractivity contribution in [2.75, 3.05) is 25.1 Å². The Balaban J connectivity index is 1.37. The van der Waals surface area contributed by atoms with E-state index < -0.39 is 5.60 Å². The van der Waals surface area contributed by atoms with E-state index in [2.05, 4.69) is 10.6 Å². The average molecular weight is 413 g/mol. The quantitative estimate of drug-likeness (QED) is 0.419. The van der Waals surface area contributed by atoms with E-state index in [4.69, 9.17) is 9.47 Å². The third-order valence-corrected chi connectivity index (χ3v) is 5.31. The van der Waals surface area contributed by atoms with Gasteiger partial charge >= 0.3 is 6.03 Å². The van der Waals surface area contributed by atoms with Crippen molar-refractivity contribution in [1.82, 2.24) is 5.32 Å². The van der Waals surface area contributed by atoms with E-state index in [1.807, 2.05) is 54.6 Å². The van der Waals surface area contributed by atoms with Crippen molar-refractivity contribution < 1.29 is 19.4 Å². The summed E-state index contributed by atoms with van der Waals surface area (Å²) in [7, 11) is 0. The van der Waals surface area contributed by atoms with Gasteiger partial charge in [0, 0.05) is 12.2 Å². The number of amides is 2. The lowest BCUT2D eigenvalue weighted by atomic mass is 9.95. The van der Waals surface area contributed by atoms with E-state index in [9.17, 15) is 9.90 Å². The average Bonchev–Trinajstić information content (AvgIpc) is 2.98. The molecule has 1 fully saturated rings. The van der Waals surface area contributed by atoms with Crippen LogP contribution in [0.4, 0.5) is 10.5 Å². The number of ether oxygens (including phenoxy) is 2. The van der Waals surface area contributed by atoms with Gasteiger partial charge in [-0.25, -0.2) is 4.79 Å². The Bertz CT molecular complexity index is 774. The molecule has 30 heavy (non-hydrogen) atoms. The molecule has 2 amide bonds. The number of aliphatic hydroxyl groups is 1. The van der Waals surface area contributed by atoms with Crippen molar-refractivity contribution in [3.05, 3.63) is 60.2 Å². The fourth-order valence-electron chi connectivity index (χ4n) is 3.65. The third kappa shape index (κ3) is 7.69. The number of benzene rings is 2. The Kier molecular flexibility index (Phi) is 8.53. The first kappa shape index (κ1) is 22.1. The molecule has 162 valence electrons. The van der Waals surface area contributed by atoms with Gasteiger partial charge in [0.15, 0.2) is 0 Å². The van der Waals surface area contributed by atoms with Crippen LogP contribution < -0.4 is 15.4 Å². The minimum absolute atomic E-state index is 0.281. The summed E-state index contributed by atoms with van der Waals surface area (Å²) in [5, 5.41) is 16.3. The number of carbonyl (C=O) groups excluding carboxylic acids is 1. The molecule has 0 atom stereocenters. The Labute approximate surface area is 178 Å². The summed E-state index contributed by atoms with van der Waals surface area (Å²) in [6.07, 6.45) is 5.82. The lowest BCUT2D eigenvalue weighted by Crippen LogP contribution is -2.44. The van der Waals surface area contributed by atoms with Gasteiger partial charge in [0.25, 0.3) is 0 Å². The molecule has 0 aromatic heterocycles. The van der Waals surface area contributed by atoms with E-state index in [0.717, 1.165) is 49.8 Å². The number of urea groups is 1. The SMILES string of the molecule is O=C(NCC1(O)CCCCCC1)Nc1cccc(COCCOc2ccccc2)c1. The summed E-state index contributed by atoms with van der Waals surface area (Å²) in [4.78, 5) is 12.2. The topological polar surface area (TPSA) is 79.8 Å². The highest BCUT2D eigenvalue weighted by atomic mass is 16.5. The number of hydrogen-bond acceptors (Lipinski definition) is 4. The number of hydrogen-bond donors (Lipinski definition) is 3. The molecule has 2 aromatic rings. The largest absolute Gasteiger partial charge is 0.491 e. The normalized spacial score (nSPS) is 15.8. The number of rotatable bonds is 9. The molecular formula is C24H32N2O4. The summed E-state index contributed by atoms with van der Waals surface area (Å²) >= 11 is 0. The van der Waals surface area contributed by atoms with E-state index in [1.165, 1.54) is 0 Å². The van der Waals surface area contributed by atoms with Gasteiger partial charge in [0.2, 0.25) is 0 Å². The molecule has 0 aliphatic heterocycles. The van der Waals surface area contributed by atoms with Crippen LogP contribution in [0, 0.1) is 0 Å². The summed E-state index contributed by atoms with van der Waals surface area (Å²) in [5.74, 6) is 0.826. The van der Waals surface area contributed by atoms with Crippen molar-refractivity contribution in [2.45, 2.75) is 50.7 Å². The molecule has 3 N–H and O–H groups in total. The molecule has 0 unspecified atom stereocenters. The van der Waals surface area contributed by atoms with Gasteiger partial charge in [-0.3, -0.25) is 0 Å². The fraction of sp³-hybridized carbons (Fsp3) is 0.458. The van der Waals surface area contributed by atoms with E-state index in [0.29, 0.717) is 25.5 Å². The molecule has 2 aromatic carbocycles. The lowest BCUT2D eigenvalue weighted by molar-refractivity contribution is 0.0281. The van der Waals surface area contributed by atoms with Crippen molar-refractivity contribution in [2.24, 2.45) is 0 Å². The van der Waals surface area contributed by atoms with Crippen LogP contribution in [0.3, 0.4) is 0 Å². The molecule has 1 saturated carbocycles. The van der Waals surface area contributed by atoms with Crippen molar-refractivity contribution in [3.63, 3.8) is 0 Å². The van der Waals surface area contributed by atoms with E-state index in [1.54, 1.807) is 0 Å². The molecule has 1 aliphatic rings. The number of anilines is 1. The molecule has 6 heteroatoms. The molecular weight excluding hydrogens is 380 g/mol. The van der Waals surface area contributed by atoms with Gasteiger partial charge in [-0.2, -0.15) is 0 Å². The van der Waals surface area contributed by atoms with Crippen molar-refractivity contribution in [1.29, 1.82) is 0 Å². The Morgan fingerprint density at radius 3 is 2.50 bits per heavy atom. The van der Waals surface area contributed by atoms with Gasteiger partial charge in [0.05, 0.1) is 18.8 Å². The molecule has 1 aliphatic carbocycles. The Morgan fingerprint density at radius 1 is 0.967 bits per heavy atom.